The quantitative estimate of drug-likeness (QED) is 0.761. The normalized spacial score (nSPS) is 10.2. The van der Waals surface area contributed by atoms with Gasteiger partial charge in [-0.1, -0.05) is 12.1 Å². The molecule has 0 aliphatic heterocycles. The average molecular weight is 274 g/mol. The van der Waals surface area contributed by atoms with Crippen molar-refractivity contribution in [1.29, 1.82) is 0 Å². The first kappa shape index (κ1) is 13.9. The number of nitrogens with one attached hydrogen (secondary N) is 1. The van der Waals surface area contributed by atoms with Crippen LogP contribution in [0.2, 0.25) is 0 Å². The van der Waals surface area contributed by atoms with E-state index in [4.69, 9.17) is 10.5 Å². The van der Waals surface area contributed by atoms with E-state index in [0.717, 1.165) is 12.0 Å². The zero-order valence-corrected chi connectivity index (χ0v) is 11.4. The first-order valence-corrected chi connectivity index (χ1v) is 6.36. The van der Waals surface area contributed by atoms with E-state index in [1.54, 1.807) is 23.0 Å². The summed E-state index contributed by atoms with van der Waals surface area (Å²) in [6.45, 7) is 0.513. The van der Waals surface area contributed by atoms with Crippen molar-refractivity contribution in [3.8, 4) is 5.75 Å². The summed E-state index contributed by atoms with van der Waals surface area (Å²) in [7, 11) is 1.86. The van der Waals surface area contributed by atoms with Crippen LogP contribution in [-0.2, 0) is 18.3 Å². The molecule has 0 bridgehead atoms. The molecule has 3 N–H and O–H groups in total. The average Bonchev–Trinajstić information content (AvgIpc) is 2.83. The number of hydrogen-bond acceptors (Lipinski definition) is 4. The number of para-hydroxylation sites is 2. The van der Waals surface area contributed by atoms with Crippen LogP contribution in [0, 0.1) is 0 Å². The second-order valence-corrected chi connectivity index (χ2v) is 4.45. The van der Waals surface area contributed by atoms with E-state index < -0.39 is 0 Å². The number of aryl methyl sites for hydroxylation is 1. The van der Waals surface area contributed by atoms with Crippen molar-refractivity contribution in [2.24, 2.45) is 7.05 Å². The second-order valence-electron chi connectivity index (χ2n) is 4.45. The number of hydrogen-bond donors (Lipinski definition) is 2. The first-order valence-electron chi connectivity index (χ1n) is 6.36. The maximum Gasteiger partial charge on any atom is 0.257 e. The Balaban J connectivity index is 1.69. The third kappa shape index (κ3) is 4.01. The molecule has 6 nitrogen and oxygen atoms in total. The molecule has 0 aliphatic carbocycles. The molecule has 1 amide bonds. The Bertz CT molecular complexity index is 580. The topological polar surface area (TPSA) is 82.2 Å². The Morgan fingerprint density at radius 1 is 1.45 bits per heavy atom. The summed E-state index contributed by atoms with van der Waals surface area (Å²) >= 11 is 0. The molecule has 0 unspecified atom stereocenters. The summed E-state index contributed by atoms with van der Waals surface area (Å²) in [6, 6.07) is 7.09. The third-order valence-electron chi connectivity index (χ3n) is 2.77. The van der Waals surface area contributed by atoms with Crippen molar-refractivity contribution in [3.63, 3.8) is 0 Å². The van der Waals surface area contributed by atoms with Crippen molar-refractivity contribution in [2.75, 3.05) is 18.9 Å². The van der Waals surface area contributed by atoms with Gasteiger partial charge in [0.2, 0.25) is 0 Å². The van der Waals surface area contributed by atoms with E-state index in [1.165, 1.54) is 0 Å². The molecule has 0 saturated heterocycles. The van der Waals surface area contributed by atoms with Crippen molar-refractivity contribution in [3.05, 3.63) is 42.2 Å². The number of benzene rings is 1. The zero-order valence-electron chi connectivity index (χ0n) is 11.4. The SMILES string of the molecule is Cn1cc(CCNC(=O)COc2ccccc2N)cn1. The minimum atomic E-state index is -0.169. The number of ether oxygens (including phenoxy) is 1. The molecule has 0 fully saturated rings. The molecule has 0 spiro atoms. The van der Waals surface area contributed by atoms with Crippen LogP contribution in [0.3, 0.4) is 0 Å². The first-order chi connectivity index (χ1) is 9.65. The fourth-order valence-electron chi connectivity index (χ4n) is 1.75. The summed E-state index contributed by atoms with van der Waals surface area (Å²) in [5.74, 6) is 0.354. The monoisotopic (exact) mass is 274 g/mol. The number of amides is 1. The van der Waals surface area contributed by atoms with E-state index in [9.17, 15) is 4.79 Å². The lowest BCUT2D eigenvalue weighted by molar-refractivity contribution is -0.123. The molecule has 0 radical (unpaired) electrons. The number of nitrogens with two attached hydrogens (primary N) is 1. The maximum absolute atomic E-state index is 11.6. The van der Waals surface area contributed by atoms with Crippen molar-refractivity contribution in [2.45, 2.75) is 6.42 Å². The van der Waals surface area contributed by atoms with Crippen LogP contribution in [0.4, 0.5) is 5.69 Å². The Morgan fingerprint density at radius 3 is 2.95 bits per heavy atom. The van der Waals surface area contributed by atoms with Crippen LogP contribution in [0.15, 0.2) is 36.7 Å². The Morgan fingerprint density at radius 2 is 2.25 bits per heavy atom. The van der Waals surface area contributed by atoms with E-state index in [0.29, 0.717) is 18.0 Å². The van der Waals surface area contributed by atoms with Crippen LogP contribution in [0.5, 0.6) is 5.75 Å². The highest BCUT2D eigenvalue weighted by Crippen LogP contribution is 2.19. The second kappa shape index (κ2) is 6.60. The molecule has 20 heavy (non-hydrogen) atoms. The number of carbonyl (C=O) groups excluding carboxylic acids is 1. The Labute approximate surface area is 117 Å². The molecular weight excluding hydrogens is 256 g/mol. The minimum Gasteiger partial charge on any atom is -0.482 e. The Kier molecular flexibility index (Phi) is 4.60. The molecule has 1 heterocycles. The van der Waals surface area contributed by atoms with Gasteiger partial charge in [0.05, 0.1) is 11.9 Å². The highest BCUT2D eigenvalue weighted by Gasteiger charge is 2.04. The molecule has 0 saturated carbocycles. The van der Waals surface area contributed by atoms with Crippen LogP contribution >= 0.6 is 0 Å². The van der Waals surface area contributed by atoms with Gasteiger partial charge in [-0.25, -0.2) is 0 Å². The van der Waals surface area contributed by atoms with Crippen LogP contribution in [0.25, 0.3) is 0 Å². The van der Waals surface area contributed by atoms with Gasteiger partial charge in [0.15, 0.2) is 6.61 Å². The van der Waals surface area contributed by atoms with Crippen molar-refractivity contribution >= 4 is 11.6 Å². The molecular formula is C14H18N4O2. The molecule has 0 aliphatic rings. The number of nitrogens with zero attached hydrogens (tertiary/aromatic N) is 2. The molecule has 6 heteroatoms. The number of carbonyl (C=O) groups is 1. The predicted octanol–water partition coefficient (Wildman–Crippen LogP) is 0.740. The van der Waals surface area contributed by atoms with Crippen LogP contribution in [0.1, 0.15) is 5.56 Å². The van der Waals surface area contributed by atoms with E-state index in [-0.39, 0.29) is 12.5 Å². The fourth-order valence-corrected chi connectivity index (χ4v) is 1.75. The van der Waals surface area contributed by atoms with Crippen molar-refractivity contribution < 1.29 is 9.53 Å². The molecule has 0 atom stereocenters. The van der Waals surface area contributed by atoms with Gasteiger partial charge in [-0.3, -0.25) is 9.48 Å². The summed E-state index contributed by atoms with van der Waals surface area (Å²) in [5, 5.41) is 6.85. The lowest BCUT2D eigenvalue weighted by Gasteiger charge is -2.08. The standard InChI is InChI=1S/C14H18N4O2/c1-18-9-11(8-17-18)6-7-16-14(19)10-20-13-5-3-2-4-12(13)15/h2-5,8-9H,6-7,10,15H2,1H3,(H,16,19). The number of rotatable bonds is 6. The van der Waals surface area contributed by atoms with Gasteiger partial charge in [0.25, 0.3) is 5.91 Å². The largest absolute Gasteiger partial charge is 0.482 e. The van der Waals surface area contributed by atoms with E-state index in [2.05, 4.69) is 10.4 Å². The number of anilines is 1. The number of aromatic nitrogens is 2. The lowest BCUT2D eigenvalue weighted by atomic mass is 10.2. The molecule has 1 aromatic heterocycles. The van der Waals surface area contributed by atoms with Crippen LogP contribution in [-0.4, -0.2) is 28.8 Å². The van der Waals surface area contributed by atoms with Crippen molar-refractivity contribution in [1.82, 2.24) is 15.1 Å². The van der Waals surface area contributed by atoms with Gasteiger partial charge < -0.3 is 15.8 Å². The fraction of sp³-hybridized carbons (Fsp3) is 0.286. The number of nitrogen functional groups attached to an aromatic ring is 1. The minimum absolute atomic E-state index is 0.0404. The summed E-state index contributed by atoms with van der Waals surface area (Å²) < 4.78 is 7.09. The summed E-state index contributed by atoms with van der Waals surface area (Å²) in [6.07, 6.45) is 4.45. The smallest absolute Gasteiger partial charge is 0.257 e. The van der Waals surface area contributed by atoms with Gasteiger partial charge in [-0.2, -0.15) is 5.10 Å². The molecule has 2 rings (SSSR count). The third-order valence-corrected chi connectivity index (χ3v) is 2.77. The zero-order chi connectivity index (χ0) is 14.4. The maximum atomic E-state index is 11.6. The molecule has 106 valence electrons. The van der Waals surface area contributed by atoms with Gasteiger partial charge >= 0.3 is 0 Å². The highest BCUT2D eigenvalue weighted by atomic mass is 16.5. The molecule has 1 aromatic carbocycles. The highest BCUT2D eigenvalue weighted by molar-refractivity contribution is 5.77. The predicted molar refractivity (Wildman–Crippen MR) is 76.3 cm³/mol. The lowest BCUT2D eigenvalue weighted by Crippen LogP contribution is -2.30. The molecule has 2 aromatic rings. The van der Waals surface area contributed by atoms with Gasteiger partial charge in [-0.05, 0) is 24.1 Å². The Hall–Kier alpha value is -2.50. The summed E-state index contributed by atoms with van der Waals surface area (Å²) in [5.41, 5.74) is 7.33. The van der Waals surface area contributed by atoms with Gasteiger partial charge in [0, 0.05) is 19.8 Å². The van der Waals surface area contributed by atoms with Gasteiger partial charge in [-0.15, -0.1) is 0 Å². The summed E-state index contributed by atoms with van der Waals surface area (Å²) in [4.78, 5) is 11.6. The van der Waals surface area contributed by atoms with E-state index in [1.807, 2.05) is 25.4 Å². The van der Waals surface area contributed by atoms with E-state index >= 15 is 0 Å². The van der Waals surface area contributed by atoms with Crippen LogP contribution < -0.4 is 15.8 Å². The van der Waals surface area contributed by atoms with Gasteiger partial charge in [0.1, 0.15) is 5.75 Å².